The normalized spacial score (nSPS) is 14.2. The Bertz CT molecular complexity index is 499. The lowest BCUT2D eigenvalue weighted by Crippen LogP contribution is -2.24. The highest BCUT2D eigenvalue weighted by Crippen LogP contribution is 2.28. The molecule has 1 N–H and O–H groups in total. The fraction of sp³-hybridized carbons (Fsp3) is 0.214. The average molecular weight is 324 g/mol. The molecule has 2 aromatic rings. The van der Waals surface area contributed by atoms with Crippen LogP contribution in [0.3, 0.4) is 0 Å². The van der Waals surface area contributed by atoms with Gasteiger partial charge in [0.2, 0.25) is 0 Å². The molecule has 0 amide bonds. The van der Waals surface area contributed by atoms with Gasteiger partial charge in [-0.05, 0) is 40.5 Å². The number of pyridine rings is 1. The highest BCUT2D eigenvalue weighted by atomic mass is 79.9. The van der Waals surface area contributed by atoms with Crippen LogP contribution in [-0.4, -0.2) is 15.8 Å². The van der Waals surface area contributed by atoms with Crippen LogP contribution in [0.1, 0.15) is 12.5 Å². The first-order chi connectivity index (χ1) is 8.58. The molecular weight excluding hydrogens is 310 g/mol. The Balaban J connectivity index is 2.03. The van der Waals surface area contributed by atoms with Crippen molar-refractivity contribution in [2.45, 2.75) is 17.6 Å². The van der Waals surface area contributed by atoms with Crippen LogP contribution < -0.4 is 0 Å². The number of rotatable bonds is 4. The van der Waals surface area contributed by atoms with Crippen molar-refractivity contribution in [3.8, 4) is 0 Å². The second kappa shape index (κ2) is 5.87. The van der Waals surface area contributed by atoms with Crippen molar-refractivity contribution in [2.75, 3.05) is 5.75 Å². The molecule has 1 aromatic heterocycles. The maximum Gasteiger partial charge on any atom is 0.0962 e. The van der Waals surface area contributed by atoms with Gasteiger partial charge < -0.3 is 5.11 Å². The Morgan fingerprint density at radius 3 is 2.56 bits per heavy atom. The molecule has 1 aromatic carbocycles. The van der Waals surface area contributed by atoms with E-state index in [1.807, 2.05) is 49.4 Å². The van der Waals surface area contributed by atoms with Crippen molar-refractivity contribution in [3.63, 3.8) is 0 Å². The number of hydrogen-bond acceptors (Lipinski definition) is 3. The number of aliphatic hydroxyl groups is 1. The second-order valence-electron chi connectivity index (χ2n) is 4.24. The van der Waals surface area contributed by atoms with Gasteiger partial charge in [-0.3, -0.25) is 0 Å². The average Bonchev–Trinajstić information content (AvgIpc) is 2.39. The molecule has 1 unspecified atom stereocenters. The zero-order chi connectivity index (χ0) is 13.0. The van der Waals surface area contributed by atoms with E-state index in [1.54, 1.807) is 18.0 Å². The molecule has 1 atom stereocenters. The molecule has 0 aliphatic rings. The van der Waals surface area contributed by atoms with Gasteiger partial charge in [-0.25, -0.2) is 4.98 Å². The lowest BCUT2D eigenvalue weighted by Gasteiger charge is -2.23. The second-order valence-corrected chi connectivity index (χ2v) is 6.15. The van der Waals surface area contributed by atoms with E-state index in [2.05, 4.69) is 20.9 Å². The Hall–Kier alpha value is -0.840. The van der Waals surface area contributed by atoms with Crippen LogP contribution in [0, 0.1) is 0 Å². The molecule has 0 spiro atoms. The number of benzene rings is 1. The number of nitrogens with zero attached hydrogens (tertiary/aromatic N) is 1. The summed E-state index contributed by atoms with van der Waals surface area (Å²) in [6.45, 7) is 1.83. The molecular formula is C14H14BrNOS. The van der Waals surface area contributed by atoms with E-state index in [4.69, 9.17) is 0 Å². The van der Waals surface area contributed by atoms with Crippen molar-refractivity contribution >= 4 is 27.7 Å². The van der Waals surface area contributed by atoms with Crippen molar-refractivity contribution < 1.29 is 5.11 Å². The van der Waals surface area contributed by atoms with E-state index in [1.165, 1.54) is 0 Å². The van der Waals surface area contributed by atoms with E-state index in [0.717, 1.165) is 15.1 Å². The van der Waals surface area contributed by atoms with Crippen LogP contribution >= 0.6 is 27.7 Å². The molecule has 2 rings (SSSR count). The fourth-order valence-electron chi connectivity index (χ4n) is 1.54. The largest absolute Gasteiger partial charge is 0.385 e. The van der Waals surface area contributed by atoms with E-state index in [0.29, 0.717) is 5.75 Å². The minimum Gasteiger partial charge on any atom is -0.385 e. The number of aromatic nitrogens is 1. The molecule has 0 aliphatic carbocycles. The Morgan fingerprint density at radius 2 is 1.94 bits per heavy atom. The summed E-state index contributed by atoms with van der Waals surface area (Å²) < 4.78 is 0.960. The number of halogens is 1. The molecule has 94 valence electrons. The molecule has 4 heteroatoms. The van der Waals surface area contributed by atoms with Crippen LogP contribution in [0.2, 0.25) is 0 Å². The van der Waals surface area contributed by atoms with Gasteiger partial charge in [-0.1, -0.05) is 30.3 Å². The summed E-state index contributed by atoms with van der Waals surface area (Å²) in [6, 6.07) is 13.6. The van der Waals surface area contributed by atoms with E-state index in [9.17, 15) is 5.11 Å². The van der Waals surface area contributed by atoms with Gasteiger partial charge >= 0.3 is 0 Å². The number of thioether (sulfide) groups is 1. The SMILES string of the molecule is CC(O)(CSc1ccc(Br)cn1)c1ccccc1. The maximum absolute atomic E-state index is 10.4. The van der Waals surface area contributed by atoms with Crippen LogP contribution in [-0.2, 0) is 5.60 Å². The molecule has 0 saturated carbocycles. The van der Waals surface area contributed by atoms with Gasteiger partial charge in [0.15, 0.2) is 0 Å². The lowest BCUT2D eigenvalue weighted by molar-refractivity contribution is 0.0839. The smallest absolute Gasteiger partial charge is 0.0962 e. The van der Waals surface area contributed by atoms with Crippen LogP contribution in [0.4, 0.5) is 0 Å². The lowest BCUT2D eigenvalue weighted by atomic mass is 9.99. The van der Waals surface area contributed by atoms with Crippen molar-refractivity contribution in [1.82, 2.24) is 4.98 Å². The summed E-state index contributed by atoms with van der Waals surface area (Å²) in [5.74, 6) is 0.575. The van der Waals surface area contributed by atoms with E-state index >= 15 is 0 Å². The molecule has 2 nitrogen and oxygen atoms in total. The maximum atomic E-state index is 10.4. The van der Waals surface area contributed by atoms with Crippen molar-refractivity contribution in [1.29, 1.82) is 0 Å². The van der Waals surface area contributed by atoms with Crippen LogP contribution in [0.25, 0.3) is 0 Å². The summed E-state index contributed by atoms with van der Waals surface area (Å²) in [4.78, 5) is 4.28. The first kappa shape index (κ1) is 13.6. The van der Waals surface area contributed by atoms with Gasteiger partial charge in [0.25, 0.3) is 0 Å². The predicted octanol–water partition coefficient (Wildman–Crippen LogP) is 3.84. The highest BCUT2D eigenvalue weighted by molar-refractivity contribution is 9.10. The van der Waals surface area contributed by atoms with E-state index in [-0.39, 0.29) is 0 Å². The molecule has 0 bridgehead atoms. The predicted molar refractivity (Wildman–Crippen MR) is 78.7 cm³/mol. The molecule has 0 fully saturated rings. The topological polar surface area (TPSA) is 33.1 Å². The molecule has 18 heavy (non-hydrogen) atoms. The third kappa shape index (κ3) is 3.57. The first-order valence-corrected chi connectivity index (χ1v) is 7.38. The summed E-state index contributed by atoms with van der Waals surface area (Å²) in [6.07, 6.45) is 1.76. The number of hydrogen-bond donors (Lipinski definition) is 1. The van der Waals surface area contributed by atoms with Gasteiger partial charge in [-0.2, -0.15) is 0 Å². The highest BCUT2D eigenvalue weighted by Gasteiger charge is 2.23. The molecule has 0 radical (unpaired) electrons. The summed E-state index contributed by atoms with van der Waals surface area (Å²) in [7, 11) is 0. The van der Waals surface area contributed by atoms with Gasteiger partial charge in [0.05, 0.1) is 10.6 Å². The fourth-order valence-corrected chi connectivity index (χ4v) is 2.66. The Morgan fingerprint density at radius 1 is 1.22 bits per heavy atom. The molecule has 0 aliphatic heterocycles. The third-order valence-corrected chi connectivity index (χ3v) is 4.31. The Kier molecular flexibility index (Phi) is 4.43. The Labute approximate surface area is 120 Å². The summed E-state index contributed by atoms with van der Waals surface area (Å²) in [5.41, 5.74) is 0.0790. The van der Waals surface area contributed by atoms with Gasteiger partial charge in [-0.15, -0.1) is 11.8 Å². The zero-order valence-corrected chi connectivity index (χ0v) is 12.4. The molecule has 1 heterocycles. The van der Waals surface area contributed by atoms with E-state index < -0.39 is 5.60 Å². The summed E-state index contributed by atoms with van der Waals surface area (Å²) in [5, 5.41) is 11.4. The first-order valence-electron chi connectivity index (χ1n) is 5.60. The quantitative estimate of drug-likeness (QED) is 0.868. The zero-order valence-electron chi connectivity index (χ0n) is 10.0. The van der Waals surface area contributed by atoms with Crippen LogP contribution in [0.5, 0.6) is 0 Å². The standard InChI is InChI=1S/C14H14BrNOS/c1-14(17,11-5-3-2-4-6-11)10-18-13-8-7-12(15)9-16-13/h2-9,17H,10H2,1H3. The monoisotopic (exact) mass is 323 g/mol. The minimum atomic E-state index is -0.847. The third-order valence-electron chi connectivity index (χ3n) is 2.60. The van der Waals surface area contributed by atoms with Crippen molar-refractivity contribution in [3.05, 3.63) is 58.7 Å². The van der Waals surface area contributed by atoms with Crippen molar-refractivity contribution in [2.24, 2.45) is 0 Å². The molecule has 0 saturated heterocycles. The van der Waals surface area contributed by atoms with Crippen LogP contribution in [0.15, 0.2) is 58.2 Å². The minimum absolute atomic E-state index is 0.575. The summed E-state index contributed by atoms with van der Waals surface area (Å²) >= 11 is 4.90. The van der Waals surface area contributed by atoms with Gasteiger partial charge in [0, 0.05) is 16.4 Å². The van der Waals surface area contributed by atoms with Gasteiger partial charge in [0.1, 0.15) is 0 Å².